The topological polar surface area (TPSA) is 35.2 Å². The molecule has 0 radical (unpaired) electrons. The fourth-order valence-corrected chi connectivity index (χ4v) is 3.41. The number of ether oxygens (including phenoxy) is 1. The fourth-order valence-electron chi connectivity index (χ4n) is 3.41. The molecule has 0 bridgehead atoms. The van der Waals surface area contributed by atoms with Crippen molar-refractivity contribution < 1.29 is 9.13 Å². The molecule has 0 spiro atoms. The smallest absolute Gasteiger partial charge is 0.123 e. The number of nitrogen functional groups attached to an aromatic ring is 1. The van der Waals surface area contributed by atoms with Crippen LogP contribution in [0.15, 0.2) is 54.6 Å². The molecule has 0 saturated carbocycles. The van der Waals surface area contributed by atoms with Gasteiger partial charge in [0.1, 0.15) is 11.6 Å². The SMILES string of the molecule is COc1ccc(Cc2c(C)cc(N)cc2C)cc1Cc1ccc(F)cc1. The van der Waals surface area contributed by atoms with Crippen LogP contribution >= 0.6 is 0 Å². The highest BCUT2D eigenvalue weighted by molar-refractivity contribution is 5.51. The summed E-state index contributed by atoms with van der Waals surface area (Å²) >= 11 is 0. The van der Waals surface area contributed by atoms with E-state index in [-0.39, 0.29) is 5.82 Å². The van der Waals surface area contributed by atoms with E-state index in [2.05, 4.69) is 26.0 Å². The predicted octanol–water partition coefficient (Wildman–Crippen LogP) is 5.21. The van der Waals surface area contributed by atoms with E-state index in [4.69, 9.17) is 10.5 Å². The highest BCUT2D eigenvalue weighted by atomic mass is 19.1. The van der Waals surface area contributed by atoms with Gasteiger partial charge in [0.25, 0.3) is 0 Å². The van der Waals surface area contributed by atoms with Crippen LogP contribution < -0.4 is 10.5 Å². The second kappa shape index (κ2) is 7.61. The molecule has 2 nitrogen and oxygen atoms in total. The number of nitrogens with two attached hydrogens (primary N) is 1. The molecule has 0 aliphatic rings. The van der Waals surface area contributed by atoms with Crippen molar-refractivity contribution >= 4 is 5.69 Å². The van der Waals surface area contributed by atoms with Gasteiger partial charge in [-0.1, -0.05) is 24.3 Å². The van der Waals surface area contributed by atoms with Crippen LogP contribution in [0.3, 0.4) is 0 Å². The van der Waals surface area contributed by atoms with Crippen molar-refractivity contribution in [2.45, 2.75) is 26.7 Å². The van der Waals surface area contributed by atoms with Gasteiger partial charge in [-0.15, -0.1) is 0 Å². The summed E-state index contributed by atoms with van der Waals surface area (Å²) in [6.45, 7) is 4.20. The Kier molecular flexibility index (Phi) is 5.27. The number of aryl methyl sites for hydroxylation is 2. The first-order chi connectivity index (χ1) is 12.5. The lowest BCUT2D eigenvalue weighted by Gasteiger charge is -2.14. The Labute approximate surface area is 154 Å². The molecule has 0 aliphatic heterocycles. The molecule has 3 aromatic rings. The minimum atomic E-state index is -0.219. The molecule has 0 amide bonds. The number of methoxy groups -OCH3 is 1. The summed E-state index contributed by atoms with van der Waals surface area (Å²) in [5.41, 5.74) is 13.8. The Hall–Kier alpha value is -2.81. The summed E-state index contributed by atoms with van der Waals surface area (Å²) < 4.78 is 18.7. The predicted molar refractivity (Wildman–Crippen MR) is 105 cm³/mol. The average Bonchev–Trinajstić information content (AvgIpc) is 2.60. The van der Waals surface area contributed by atoms with E-state index in [9.17, 15) is 4.39 Å². The lowest BCUT2D eigenvalue weighted by Crippen LogP contribution is -2.00. The first-order valence-corrected chi connectivity index (χ1v) is 8.72. The number of benzene rings is 3. The van der Waals surface area contributed by atoms with Crippen molar-refractivity contribution in [1.82, 2.24) is 0 Å². The zero-order valence-corrected chi connectivity index (χ0v) is 15.5. The summed E-state index contributed by atoms with van der Waals surface area (Å²) in [7, 11) is 1.68. The van der Waals surface area contributed by atoms with Crippen LogP contribution in [0.5, 0.6) is 5.75 Å². The van der Waals surface area contributed by atoms with Crippen LogP contribution in [0.2, 0.25) is 0 Å². The molecule has 2 N–H and O–H groups in total. The molecule has 0 aliphatic carbocycles. The molecule has 0 heterocycles. The van der Waals surface area contributed by atoms with E-state index < -0.39 is 0 Å². The Bertz CT molecular complexity index is 893. The molecule has 3 rings (SSSR count). The third kappa shape index (κ3) is 4.05. The largest absolute Gasteiger partial charge is 0.496 e. The highest BCUT2D eigenvalue weighted by Gasteiger charge is 2.10. The van der Waals surface area contributed by atoms with Gasteiger partial charge in [-0.25, -0.2) is 4.39 Å². The maximum Gasteiger partial charge on any atom is 0.123 e. The number of rotatable bonds is 5. The normalized spacial score (nSPS) is 10.8. The molecule has 26 heavy (non-hydrogen) atoms. The number of halogens is 1. The zero-order chi connectivity index (χ0) is 18.7. The Morgan fingerprint density at radius 1 is 0.846 bits per heavy atom. The molecule has 0 fully saturated rings. The quantitative estimate of drug-likeness (QED) is 0.641. The van der Waals surface area contributed by atoms with Gasteiger partial charge >= 0.3 is 0 Å². The van der Waals surface area contributed by atoms with Gasteiger partial charge in [0.15, 0.2) is 0 Å². The van der Waals surface area contributed by atoms with Crippen LogP contribution in [-0.4, -0.2) is 7.11 Å². The van der Waals surface area contributed by atoms with Crippen molar-refractivity contribution in [3.63, 3.8) is 0 Å². The lowest BCUT2D eigenvalue weighted by molar-refractivity contribution is 0.410. The van der Waals surface area contributed by atoms with Gasteiger partial charge in [-0.3, -0.25) is 0 Å². The van der Waals surface area contributed by atoms with E-state index in [0.717, 1.165) is 29.0 Å². The molecular weight excluding hydrogens is 325 g/mol. The van der Waals surface area contributed by atoms with Crippen molar-refractivity contribution in [2.75, 3.05) is 12.8 Å². The second-order valence-corrected chi connectivity index (χ2v) is 6.76. The van der Waals surface area contributed by atoms with Crippen molar-refractivity contribution in [3.8, 4) is 5.75 Å². The van der Waals surface area contributed by atoms with E-state index in [1.807, 2.05) is 30.3 Å². The fraction of sp³-hybridized carbons (Fsp3) is 0.217. The zero-order valence-electron chi connectivity index (χ0n) is 15.5. The molecular formula is C23H24FNO. The van der Waals surface area contributed by atoms with Crippen LogP contribution in [0.25, 0.3) is 0 Å². The van der Waals surface area contributed by atoms with Crippen molar-refractivity contribution in [2.24, 2.45) is 0 Å². The molecule has 0 unspecified atom stereocenters. The van der Waals surface area contributed by atoms with Gasteiger partial charge in [-0.05, 0) is 84.0 Å². The second-order valence-electron chi connectivity index (χ2n) is 6.76. The molecule has 0 saturated heterocycles. The minimum Gasteiger partial charge on any atom is -0.496 e. The van der Waals surface area contributed by atoms with Crippen molar-refractivity contribution in [3.05, 3.63) is 93.8 Å². The van der Waals surface area contributed by atoms with Gasteiger partial charge in [0, 0.05) is 12.1 Å². The maximum absolute atomic E-state index is 13.1. The van der Waals surface area contributed by atoms with Crippen LogP contribution in [0.4, 0.5) is 10.1 Å². The molecule has 0 aromatic heterocycles. The van der Waals surface area contributed by atoms with Crippen LogP contribution in [0.1, 0.15) is 33.4 Å². The minimum absolute atomic E-state index is 0.219. The van der Waals surface area contributed by atoms with Crippen LogP contribution in [-0.2, 0) is 12.8 Å². The van der Waals surface area contributed by atoms with E-state index in [0.29, 0.717) is 6.42 Å². The van der Waals surface area contributed by atoms with Gasteiger partial charge in [0.05, 0.1) is 7.11 Å². The molecule has 134 valence electrons. The standard InChI is InChI=1S/C23H24FNO/c1-15-10-21(25)11-16(2)22(15)14-18-6-9-23(26-3)19(13-18)12-17-4-7-20(24)8-5-17/h4-11,13H,12,14,25H2,1-3H3. The molecule has 3 heteroatoms. The third-order valence-electron chi connectivity index (χ3n) is 4.75. The number of anilines is 1. The molecule has 0 atom stereocenters. The summed E-state index contributed by atoms with van der Waals surface area (Å²) in [5.74, 6) is 0.632. The summed E-state index contributed by atoms with van der Waals surface area (Å²) in [4.78, 5) is 0. The van der Waals surface area contributed by atoms with E-state index >= 15 is 0 Å². The Morgan fingerprint density at radius 2 is 1.46 bits per heavy atom. The summed E-state index contributed by atoms with van der Waals surface area (Å²) in [6.07, 6.45) is 1.55. The highest BCUT2D eigenvalue weighted by Crippen LogP contribution is 2.27. The number of hydrogen-bond donors (Lipinski definition) is 1. The summed E-state index contributed by atoms with van der Waals surface area (Å²) in [6, 6.07) is 16.9. The number of hydrogen-bond acceptors (Lipinski definition) is 2. The Balaban J connectivity index is 1.91. The lowest BCUT2D eigenvalue weighted by atomic mass is 9.93. The average molecular weight is 349 g/mol. The van der Waals surface area contributed by atoms with E-state index in [1.165, 1.54) is 34.4 Å². The Morgan fingerprint density at radius 3 is 2.08 bits per heavy atom. The monoisotopic (exact) mass is 349 g/mol. The van der Waals surface area contributed by atoms with Crippen molar-refractivity contribution in [1.29, 1.82) is 0 Å². The van der Waals surface area contributed by atoms with Gasteiger partial charge < -0.3 is 10.5 Å². The van der Waals surface area contributed by atoms with E-state index in [1.54, 1.807) is 7.11 Å². The van der Waals surface area contributed by atoms with Gasteiger partial charge in [-0.2, -0.15) is 0 Å². The first-order valence-electron chi connectivity index (χ1n) is 8.72. The maximum atomic E-state index is 13.1. The first kappa shape index (κ1) is 18.0. The summed E-state index contributed by atoms with van der Waals surface area (Å²) in [5, 5.41) is 0. The third-order valence-corrected chi connectivity index (χ3v) is 4.75. The molecule has 3 aromatic carbocycles. The van der Waals surface area contributed by atoms with Crippen LogP contribution in [0, 0.1) is 19.7 Å². The van der Waals surface area contributed by atoms with Gasteiger partial charge in [0.2, 0.25) is 0 Å².